The molecule has 0 saturated carbocycles. The van der Waals surface area contributed by atoms with Crippen LogP contribution < -0.4 is 15.4 Å². The Hall–Kier alpha value is -3.88. The number of rotatable bonds is 12. The van der Waals surface area contributed by atoms with Gasteiger partial charge in [-0.3, -0.25) is 4.79 Å². The number of amides is 2. The van der Waals surface area contributed by atoms with Crippen LogP contribution in [0.25, 0.3) is 11.3 Å². The fourth-order valence-electron chi connectivity index (χ4n) is 3.59. The van der Waals surface area contributed by atoms with Crippen molar-refractivity contribution in [2.45, 2.75) is 39.2 Å². The molecule has 2 heterocycles. The Morgan fingerprint density at radius 2 is 1.86 bits per heavy atom. The highest BCUT2D eigenvalue weighted by Crippen LogP contribution is 2.27. The monoisotopic (exact) mass is 621 g/mol. The van der Waals surface area contributed by atoms with E-state index in [0.29, 0.717) is 22.8 Å². The lowest BCUT2D eigenvalue weighted by Gasteiger charge is -2.27. The molecule has 2 amide bonds. The molecule has 3 rings (SSSR count). The Morgan fingerprint density at radius 1 is 1.10 bits per heavy atom. The Morgan fingerprint density at radius 3 is 2.57 bits per heavy atom. The maximum atomic E-state index is 14.3. The molecule has 0 fully saturated rings. The van der Waals surface area contributed by atoms with Crippen molar-refractivity contribution in [1.29, 1.82) is 0 Å². The standard InChI is InChI=1S/C27H33ClFN7O5S/c1-27(2,3)41-26(38)36(12-5-10-32-42(4,39)40)13-9-25(37)34-24-16-19(8-11-30-24)33-20-15-23(35-31-17-20)21-14-18(28)6-7-22(21)29/h6-8,11,14-17,32H,5,9-10,12-13H2,1-4H3,(H2,30,33,34,35,37). The van der Waals surface area contributed by atoms with E-state index in [1.807, 2.05) is 0 Å². The van der Waals surface area contributed by atoms with Crippen molar-refractivity contribution in [2.24, 2.45) is 0 Å². The van der Waals surface area contributed by atoms with E-state index in [1.165, 1.54) is 35.5 Å². The zero-order chi connectivity index (χ0) is 30.9. The molecule has 0 unspecified atom stereocenters. The largest absolute Gasteiger partial charge is 0.444 e. The molecule has 3 N–H and O–H groups in total. The average molecular weight is 622 g/mol. The van der Waals surface area contributed by atoms with Crippen molar-refractivity contribution in [3.63, 3.8) is 0 Å². The summed E-state index contributed by atoms with van der Waals surface area (Å²) in [5.74, 6) is -0.628. The molecule has 0 bridgehead atoms. The van der Waals surface area contributed by atoms with Crippen LogP contribution in [-0.4, -0.2) is 72.0 Å². The second-order valence-corrected chi connectivity index (χ2v) is 12.6. The molecule has 3 aromatic rings. The van der Waals surface area contributed by atoms with Crippen molar-refractivity contribution >= 4 is 50.8 Å². The van der Waals surface area contributed by atoms with Crippen molar-refractivity contribution in [3.05, 3.63) is 59.6 Å². The van der Waals surface area contributed by atoms with Gasteiger partial charge in [0, 0.05) is 54.6 Å². The summed E-state index contributed by atoms with van der Waals surface area (Å²) in [6.45, 7) is 5.55. The smallest absolute Gasteiger partial charge is 0.410 e. The zero-order valence-electron chi connectivity index (χ0n) is 23.6. The van der Waals surface area contributed by atoms with Crippen LogP contribution >= 0.6 is 11.6 Å². The lowest BCUT2D eigenvalue weighted by molar-refractivity contribution is -0.116. The molecule has 0 aliphatic heterocycles. The normalized spacial score (nSPS) is 11.6. The van der Waals surface area contributed by atoms with Gasteiger partial charge >= 0.3 is 6.09 Å². The van der Waals surface area contributed by atoms with E-state index in [4.69, 9.17) is 16.3 Å². The molecular formula is C27H33ClFN7O5S. The number of hydrogen-bond acceptors (Lipinski definition) is 9. The van der Waals surface area contributed by atoms with Gasteiger partial charge in [0.2, 0.25) is 15.9 Å². The first-order chi connectivity index (χ1) is 19.7. The highest BCUT2D eigenvalue weighted by Gasteiger charge is 2.22. The van der Waals surface area contributed by atoms with Crippen LogP contribution in [0.2, 0.25) is 5.02 Å². The molecule has 15 heteroatoms. The van der Waals surface area contributed by atoms with Crippen LogP contribution in [-0.2, 0) is 19.6 Å². The van der Waals surface area contributed by atoms with Crippen LogP contribution in [0.15, 0.2) is 48.8 Å². The second kappa shape index (κ2) is 14.3. The Balaban J connectivity index is 1.61. The molecule has 0 spiro atoms. The van der Waals surface area contributed by atoms with E-state index in [9.17, 15) is 22.4 Å². The zero-order valence-corrected chi connectivity index (χ0v) is 25.2. The summed E-state index contributed by atoms with van der Waals surface area (Å²) in [6.07, 6.45) is 3.67. The lowest BCUT2D eigenvalue weighted by Crippen LogP contribution is -2.40. The predicted octanol–water partition coefficient (Wildman–Crippen LogP) is 4.58. The average Bonchev–Trinajstić information content (AvgIpc) is 2.88. The van der Waals surface area contributed by atoms with Gasteiger partial charge in [-0.05, 0) is 57.5 Å². The number of halogens is 2. The maximum Gasteiger partial charge on any atom is 0.410 e. The number of pyridine rings is 1. The minimum Gasteiger partial charge on any atom is -0.444 e. The van der Waals surface area contributed by atoms with Crippen LogP contribution in [0.4, 0.5) is 26.4 Å². The summed E-state index contributed by atoms with van der Waals surface area (Å²) in [6, 6.07) is 9.03. The van der Waals surface area contributed by atoms with Crippen molar-refractivity contribution in [1.82, 2.24) is 24.8 Å². The highest BCUT2D eigenvalue weighted by molar-refractivity contribution is 7.88. The van der Waals surface area contributed by atoms with Crippen molar-refractivity contribution < 1.29 is 27.1 Å². The number of aromatic nitrogens is 3. The van der Waals surface area contributed by atoms with Crippen LogP contribution in [0.1, 0.15) is 33.6 Å². The molecular weight excluding hydrogens is 589 g/mol. The molecule has 0 radical (unpaired) electrons. The molecule has 0 aliphatic carbocycles. The number of anilines is 3. The Bertz CT molecular complexity index is 1520. The van der Waals surface area contributed by atoms with E-state index in [-0.39, 0.29) is 43.1 Å². The highest BCUT2D eigenvalue weighted by atomic mass is 35.5. The number of carbonyl (C=O) groups excluding carboxylic acids is 2. The first-order valence-corrected chi connectivity index (χ1v) is 15.2. The van der Waals surface area contributed by atoms with E-state index in [2.05, 4.69) is 30.5 Å². The van der Waals surface area contributed by atoms with Gasteiger partial charge in [-0.15, -0.1) is 0 Å². The van der Waals surface area contributed by atoms with E-state index < -0.39 is 33.4 Å². The van der Waals surface area contributed by atoms with Crippen molar-refractivity contribution in [3.8, 4) is 11.3 Å². The first-order valence-electron chi connectivity index (χ1n) is 12.9. The van der Waals surface area contributed by atoms with E-state index in [1.54, 1.807) is 39.0 Å². The molecule has 1 aromatic carbocycles. The predicted molar refractivity (Wildman–Crippen MR) is 158 cm³/mol. The topological polar surface area (TPSA) is 156 Å². The fraction of sp³-hybridized carbons (Fsp3) is 0.370. The van der Waals surface area contributed by atoms with Gasteiger partial charge in [0.15, 0.2) is 0 Å². The third kappa shape index (κ3) is 11.2. The Kier molecular flexibility index (Phi) is 11.1. The van der Waals surface area contributed by atoms with E-state index in [0.717, 1.165) is 6.26 Å². The lowest BCUT2D eigenvalue weighted by atomic mass is 10.1. The summed E-state index contributed by atoms with van der Waals surface area (Å²) in [4.78, 5) is 30.9. The number of benzene rings is 1. The first kappa shape index (κ1) is 32.6. The molecule has 2 aromatic heterocycles. The Labute approximate surface area is 249 Å². The number of hydrogen-bond donors (Lipinski definition) is 3. The minimum absolute atomic E-state index is 0.0447. The molecule has 0 aliphatic rings. The third-order valence-electron chi connectivity index (χ3n) is 5.40. The van der Waals surface area contributed by atoms with Crippen LogP contribution in [0.3, 0.4) is 0 Å². The summed E-state index contributed by atoms with van der Waals surface area (Å²) in [7, 11) is -3.36. The van der Waals surface area contributed by atoms with Crippen LogP contribution in [0, 0.1) is 5.82 Å². The summed E-state index contributed by atoms with van der Waals surface area (Å²) in [5.41, 5.74) is 0.825. The molecule has 12 nitrogen and oxygen atoms in total. The van der Waals surface area contributed by atoms with Gasteiger partial charge in [-0.1, -0.05) is 11.6 Å². The van der Waals surface area contributed by atoms with Gasteiger partial charge in [0.1, 0.15) is 17.2 Å². The van der Waals surface area contributed by atoms with Gasteiger partial charge < -0.3 is 20.3 Å². The van der Waals surface area contributed by atoms with Crippen LogP contribution in [0.5, 0.6) is 0 Å². The van der Waals surface area contributed by atoms with Gasteiger partial charge in [-0.2, -0.15) is 10.2 Å². The number of ether oxygens (including phenoxy) is 1. The number of sulfonamides is 1. The number of nitrogens with zero attached hydrogens (tertiary/aromatic N) is 4. The molecule has 0 atom stereocenters. The number of nitrogens with one attached hydrogen (secondary N) is 3. The van der Waals surface area contributed by atoms with Gasteiger partial charge in [0.05, 0.1) is 23.8 Å². The van der Waals surface area contributed by atoms with Gasteiger partial charge in [-0.25, -0.2) is 27.3 Å². The van der Waals surface area contributed by atoms with Gasteiger partial charge in [0.25, 0.3) is 0 Å². The summed E-state index contributed by atoms with van der Waals surface area (Å²) in [5, 5.41) is 14.1. The third-order valence-corrected chi connectivity index (χ3v) is 6.37. The quantitative estimate of drug-likeness (QED) is 0.246. The summed E-state index contributed by atoms with van der Waals surface area (Å²) >= 11 is 6.00. The summed E-state index contributed by atoms with van der Waals surface area (Å²) < 4.78 is 44.7. The van der Waals surface area contributed by atoms with Crippen molar-refractivity contribution in [2.75, 3.05) is 36.5 Å². The minimum atomic E-state index is -3.36. The molecule has 226 valence electrons. The molecule has 42 heavy (non-hydrogen) atoms. The maximum absolute atomic E-state index is 14.3. The fourth-order valence-corrected chi connectivity index (χ4v) is 4.28. The second-order valence-electron chi connectivity index (χ2n) is 10.3. The SMILES string of the molecule is CC(C)(C)OC(=O)N(CCCNS(C)(=O)=O)CCC(=O)Nc1cc(Nc2cnnc(-c3cc(Cl)ccc3F)c2)ccn1. The molecule has 0 saturated heterocycles. The number of carbonyl (C=O) groups is 2. The van der Waals surface area contributed by atoms with E-state index >= 15 is 0 Å².